The molecule has 0 bridgehead atoms. The Kier molecular flexibility index (Phi) is 3.87. The lowest BCUT2D eigenvalue weighted by Gasteiger charge is -2.37. The Labute approximate surface area is 111 Å². The van der Waals surface area contributed by atoms with Gasteiger partial charge >= 0.3 is 0 Å². The van der Waals surface area contributed by atoms with E-state index in [-0.39, 0.29) is 11.9 Å². The van der Waals surface area contributed by atoms with E-state index in [1.165, 1.54) is 0 Å². The SMILES string of the molecule is CCC1C(=O)NCCN1c1cc(Cl)ccc1C=O. The molecule has 0 aliphatic carbocycles. The number of hydrogen-bond donors (Lipinski definition) is 1. The first-order valence-electron chi connectivity index (χ1n) is 5.96. The van der Waals surface area contributed by atoms with Gasteiger partial charge in [-0.2, -0.15) is 0 Å². The number of hydrogen-bond acceptors (Lipinski definition) is 3. The highest BCUT2D eigenvalue weighted by Gasteiger charge is 2.29. The zero-order valence-electron chi connectivity index (χ0n) is 10.1. The molecule has 1 aliphatic rings. The molecule has 1 heterocycles. The summed E-state index contributed by atoms with van der Waals surface area (Å²) in [5.41, 5.74) is 1.30. The Morgan fingerprint density at radius 3 is 3.00 bits per heavy atom. The van der Waals surface area contributed by atoms with Crippen molar-refractivity contribution in [2.45, 2.75) is 19.4 Å². The third-order valence-corrected chi connectivity index (χ3v) is 3.38. The Morgan fingerprint density at radius 2 is 2.33 bits per heavy atom. The molecule has 1 amide bonds. The second kappa shape index (κ2) is 5.40. The monoisotopic (exact) mass is 266 g/mol. The molecule has 1 aliphatic heterocycles. The summed E-state index contributed by atoms with van der Waals surface area (Å²) in [7, 11) is 0. The van der Waals surface area contributed by atoms with Crippen molar-refractivity contribution in [3.05, 3.63) is 28.8 Å². The van der Waals surface area contributed by atoms with E-state index in [1.807, 2.05) is 11.8 Å². The van der Waals surface area contributed by atoms with Crippen LogP contribution in [0.3, 0.4) is 0 Å². The van der Waals surface area contributed by atoms with Crippen molar-refractivity contribution in [2.24, 2.45) is 0 Å². The molecule has 1 unspecified atom stereocenters. The predicted molar refractivity (Wildman–Crippen MR) is 71.3 cm³/mol. The minimum absolute atomic E-state index is 0.000532. The highest BCUT2D eigenvalue weighted by Crippen LogP contribution is 2.27. The molecule has 0 radical (unpaired) electrons. The molecule has 96 valence electrons. The number of nitrogens with one attached hydrogen (secondary N) is 1. The number of anilines is 1. The van der Waals surface area contributed by atoms with Gasteiger partial charge in [0.15, 0.2) is 6.29 Å². The fourth-order valence-corrected chi connectivity index (χ4v) is 2.44. The largest absolute Gasteiger partial charge is 0.357 e. The van der Waals surface area contributed by atoms with Crippen molar-refractivity contribution in [3.63, 3.8) is 0 Å². The van der Waals surface area contributed by atoms with E-state index in [0.717, 1.165) is 12.0 Å². The van der Waals surface area contributed by atoms with E-state index in [1.54, 1.807) is 18.2 Å². The van der Waals surface area contributed by atoms with Gasteiger partial charge in [-0.3, -0.25) is 9.59 Å². The van der Waals surface area contributed by atoms with Crippen molar-refractivity contribution < 1.29 is 9.59 Å². The van der Waals surface area contributed by atoms with Crippen molar-refractivity contribution in [1.29, 1.82) is 0 Å². The van der Waals surface area contributed by atoms with Crippen LogP contribution in [0.25, 0.3) is 0 Å². The Morgan fingerprint density at radius 1 is 1.56 bits per heavy atom. The van der Waals surface area contributed by atoms with Crippen LogP contribution in [0.5, 0.6) is 0 Å². The molecule has 0 spiro atoms. The number of amides is 1. The topological polar surface area (TPSA) is 49.4 Å². The second-order valence-corrected chi connectivity index (χ2v) is 4.67. The molecule has 1 aromatic rings. The second-order valence-electron chi connectivity index (χ2n) is 4.23. The fraction of sp³-hybridized carbons (Fsp3) is 0.385. The summed E-state index contributed by atoms with van der Waals surface area (Å²) in [6, 6.07) is 4.87. The van der Waals surface area contributed by atoms with E-state index in [4.69, 9.17) is 11.6 Å². The maximum absolute atomic E-state index is 11.8. The number of nitrogens with zero attached hydrogens (tertiary/aromatic N) is 1. The predicted octanol–water partition coefficient (Wildman–Crippen LogP) is 1.87. The van der Waals surface area contributed by atoms with Crippen LogP contribution in [0.15, 0.2) is 18.2 Å². The Bertz CT molecular complexity index is 476. The number of rotatable bonds is 3. The first-order chi connectivity index (χ1) is 8.67. The first-order valence-corrected chi connectivity index (χ1v) is 6.34. The van der Waals surface area contributed by atoms with Crippen LogP contribution in [-0.2, 0) is 4.79 Å². The van der Waals surface area contributed by atoms with Crippen LogP contribution in [0.4, 0.5) is 5.69 Å². The number of benzene rings is 1. The zero-order chi connectivity index (χ0) is 13.1. The van der Waals surface area contributed by atoms with Gasteiger partial charge in [-0.05, 0) is 24.6 Å². The summed E-state index contributed by atoms with van der Waals surface area (Å²) in [5, 5.41) is 3.40. The Balaban J connectivity index is 2.42. The van der Waals surface area contributed by atoms with E-state index in [2.05, 4.69) is 5.32 Å². The molecule has 0 saturated carbocycles. The molecule has 1 aromatic carbocycles. The molecule has 2 rings (SSSR count). The number of piperazine rings is 1. The third kappa shape index (κ3) is 2.34. The minimum atomic E-state index is -0.240. The molecule has 1 saturated heterocycles. The maximum atomic E-state index is 11.8. The summed E-state index contributed by atoms with van der Waals surface area (Å²) in [6.45, 7) is 3.22. The average molecular weight is 267 g/mol. The van der Waals surface area contributed by atoms with Crippen molar-refractivity contribution >= 4 is 29.5 Å². The number of carbonyl (C=O) groups excluding carboxylic acids is 2. The van der Waals surface area contributed by atoms with Gasteiger partial charge < -0.3 is 10.2 Å². The lowest BCUT2D eigenvalue weighted by Crippen LogP contribution is -2.55. The number of carbonyl (C=O) groups is 2. The van der Waals surface area contributed by atoms with Crippen LogP contribution in [-0.4, -0.2) is 31.3 Å². The number of halogens is 1. The van der Waals surface area contributed by atoms with Gasteiger partial charge in [0.25, 0.3) is 0 Å². The quantitative estimate of drug-likeness (QED) is 0.850. The van der Waals surface area contributed by atoms with Crippen molar-refractivity contribution in [1.82, 2.24) is 5.32 Å². The molecule has 0 aromatic heterocycles. The highest BCUT2D eigenvalue weighted by atomic mass is 35.5. The van der Waals surface area contributed by atoms with Crippen LogP contribution < -0.4 is 10.2 Å². The highest BCUT2D eigenvalue weighted by molar-refractivity contribution is 6.31. The van der Waals surface area contributed by atoms with Gasteiger partial charge in [0.1, 0.15) is 6.04 Å². The van der Waals surface area contributed by atoms with Gasteiger partial charge in [0, 0.05) is 29.4 Å². The molecule has 1 atom stereocenters. The normalized spacial score (nSPS) is 19.6. The third-order valence-electron chi connectivity index (χ3n) is 3.15. The molecule has 4 nitrogen and oxygen atoms in total. The van der Waals surface area contributed by atoms with Crippen LogP contribution in [0.2, 0.25) is 5.02 Å². The minimum Gasteiger partial charge on any atom is -0.357 e. The summed E-state index contributed by atoms with van der Waals surface area (Å²) in [6.07, 6.45) is 1.49. The Hall–Kier alpha value is -1.55. The summed E-state index contributed by atoms with van der Waals surface area (Å²) in [4.78, 5) is 24.9. The van der Waals surface area contributed by atoms with Crippen molar-refractivity contribution in [3.8, 4) is 0 Å². The summed E-state index contributed by atoms with van der Waals surface area (Å²) >= 11 is 5.98. The van der Waals surface area contributed by atoms with Gasteiger partial charge in [0.05, 0.1) is 0 Å². The molecule has 1 fully saturated rings. The molecule has 5 heteroatoms. The van der Waals surface area contributed by atoms with Gasteiger partial charge in [0.2, 0.25) is 5.91 Å². The summed E-state index contributed by atoms with van der Waals surface area (Å²) < 4.78 is 0. The van der Waals surface area contributed by atoms with Crippen LogP contribution in [0, 0.1) is 0 Å². The van der Waals surface area contributed by atoms with E-state index < -0.39 is 0 Å². The molecular weight excluding hydrogens is 252 g/mol. The fourth-order valence-electron chi connectivity index (χ4n) is 2.27. The van der Waals surface area contributed by atoms with Crippen LogP contribution >= 0.6 is 11.6 Å². The lowest BCUT2D eigenvalue weighted by molar-refractivity contribution is -0.123. The van der Waals surface area contributed by atoms with Gasteiger partial charge in [-0.15, -0.1) is 0 Å². The molecule has 1 N–H and O–H groups in total. The van der Waals surface area contributed by atoms with Crippen LogP contribution in [0.1, 0.15) is 23.7 Å². The molecule has 18 heavy (non-hydrogen) atoms. The lowest BCUT2D eigenvalue weighted by atomic mass is 10.1. The standard InChI is InChI=1S/C13H15ClN2O2/c1-2-11-13(18)15-5-6-16(11)12-7-10(14)4-3-9(12)8-17/h3-4,7-8,11H,2,5-6H2,1H3,(H,15,18). The van der Waals surface area contributed by atoms with Crippen molar-refractivity contribution in [2.75, 3.05) is 18.0 Å². The van der Waals surface area contributed by atoms with E-state index in [9.17, 15) is 9.59 Å². The summed E-state index contributed by atoms with van der Waals surface area (Å²) in [5.74, 6) is 0.000532. The average Bonchev–Trinajstić information content (AvgIpc) is 2.38. The first kappa shape index (κ1) is 12.9. The smallest absolute Gasteiger partial charge is 0.242 e. The maximum Gasteiger partial charge on any atom is 0.242 e. The van der Waals surface area contributed by atoms with Gasteiger partial charge in [-0.25, -0.2) is 0 Å². The molecular formula is C13H15ClN2O2. The van der Waals surface area contributed by atoms with E-state index in [0.29, 0.717) is 30.1 Å². The van der Waals surface area contributed by atoms with Gasteiger partial charge in [-0.1, -0.05) is 18.5 Å². The zero-order valence-corrected chi connectivity index (χ0v) is 10.9. The number of aldehydes is 1. The van der Waals surface area contributed by atoms with E-state index >= 15 is 0 Å².